The van der Waals surface area contributed by atoms with Gasteiger partial charge in [0.15, 0.2) is 0 Å². The Balaban J connectivity index is 1.88. The van der Waals surface area contributed by atoms with Crippen molar-refractivity contribution in [3.63, 3.8) is 0 Å². The second-order valence-electron chi connectivity index (χ2n) is 8.25. The van der Waals surface area contributed by atoms with Gasteiger partial charge in [0.1, 0.15) is 0 Å². The Kier molecular flexibility index (Phi) is 4.57. The molecule has 0 radical (unpaired) electrons. The molecule has 146 valence electrons. The fourth-order valence-corrected chi connectivity index (χ4v) is 5.79. The number of rotatable bonds is 2. The highest BCUT2D eigenvalue weighted by Crippen LogP contribution is 2.59. The highest BCUT2D eigenvalue weighted by molar-refractivity contribution is 6.30. The van der Waals surface area contributed by atoms with E-state index < -0.39 is 0 Å². The minimum atomic E-state index is -0.113. The van der Waals surface area contributed by atoms with Gasteiger partial charge in [0.05, 0.1) is 0 Å². The molecule has 1 unspecified atom stereocenters. The zero-order chi connectivity index (χ0) is 20.2. The van der Waals surface area contributed by atoms with Crippen molar-refractivity contribution in [3.8, 4) is 0 Å². The lowest BCUT2D eigenvalue weighted by Gasteiger charge is -2.39. The van der Waals surface area contributed by atoms with Crippen LogP contribution in [0.5, 0.6) is 0 Å². The van der Waals surface area contributed by atoms with E-state index in [1.807, 2.05) is 24.3 Å². The Labute approximate surface area is 182 Å². The molecule has 1 heterocycles. The smallest absolute Gasteiger partial charge is 0.0444 e. The summed E-state index contributed by atoms with van der Waals surface area (Å²) in [5.41, 5.74) is 10.3. The van der Waals surface area contributed by atoms with Crippen molar-refractivity contribution >= 4 is 28.8 Å². The summed E-state index contributed by atoms with van der Waals surface area (Å²) < 4.78 is 0. The van der Waals surface area contributed by atoms with Crippen LogP contribution in [-0.2, 0) is 5.41 Å². The fraction of sp³-hybridized carbons (Fsp3) is 0.269. The molecule has 5 rings (SSSR count). The van der Waals surface area contributed by atoms with Crippen LogP contribution in [0.15, 0.2) is 60.2 Å². The summed E-state index contributed by atoms with van der Waals surface area (Å²) in [6.07, 6.45) is 4.65. The first kappa shape index (κ1) is 18.9. The molecule has 29 heavy (non-hydrogen) atoms. The molecule has 2 aromatic carbocycles. The lowest BCUT2D eigenvalue weighted by Crippen LogP contribution is -2.32. The van der Waals surface area contributed by atoms with Gasteiger partial charge in [0.25, 0.3) is 0 Å². The van der Waals surface area contributed by atoms with Gasteiger partial charge in [-0.15, -0.1) is 0 Å². The average Bonchev–Trinajstić information content (AvgIpc) is 3.00. The Bertz CT molecular complexity index is 1130. The zero-order valence-electron chi connectivity index (χ0n) is 16.7. The van der Waals surface area contributed by atoms with Gasteiger partial charge < -0.3 is 0 Å². The lowest BCUT2D eigenvalue weighted by atomic mass is 9.64. The minimum Gasteiger partial charge on any atom is -0.258 e. The summed E-state index contributed by atoms with van der Waals surface area (Å²) in [5, 5.41) is 1.55. The summed E-state index contributed by atoms with van der Waals surface area (Å²) in [5.74, 6) is 0. The van der Waals surface area contributed by atoms with Crippen LogP contribution in [0.25, 0.3) is 5.57 Å². The monoisotopic (exact) mass is 419 g/mol. The third-order valence-electron chi connectivity index (χ3n) is 6.54. The highest BCUT2D eigenvalue weighted by atomic mass is 35.5. The molecule has 1 saturated carbocycles. The molecule has 2 aliphatic rings. The van der Waals surface area contributed by atoms with Gasteiger partial charge in [0.2, 0.25) is 0 Å². The number of hydrogen-bond acceptors (Lipinski definition) is 1. The summed E-state index contributed by atoms with van der Waals surface area (Å²) in [4.78, 5) is 4.89. The van der Waals surface area contributed by atoms with E-state index in [-0.39, 0.29) is 5.41 Å². The molecule has 0 bridgehead atoms. The van der Waals surface area contributed by atoms with Crippen molar-refractivity contribution in [1.82, 2.24) is 4.98 Å². The first-order chi connectivity index (χ1) is 14.0. The van der Waals surface area contributed by atoms with Crippen LogP contribution in [0.4, 0.5) is 0 Å². The molecule has 0 N–H and O–H groups in total. The van der Waals surface area contributed by atoms with Crippen molar-refractivity contribution < 1.29 is 0 Å². The van der Waals surface area contributed by atoms with E-state index in [1.54, 1.807) is 0 Å². The normalized spacial score (nSPS) is 20.6. The molecule has 3 heteroatoms. The Hall–Kier alpha value is -2.09. The van der Waals surface area contributed by atoms with E-state index >= 15 is 0 Å². The Morgan fingerprint density at radius 1 is 0.862 bits per heavy atom. The topological polar surface area (TPSA) is 12.9 Å². The summed E-state index contributed by atoms with van der Waals surface area (Å²) in [6, 6.07) is 19.0. The number of benzene rings is 2. The number of aromatic nitrogens is 1. The lowest BCUT2D eigenvalue weighted by molar-refractivity contribution is 0.448. The number of hydrogen-bond donors (Lipinski definition) is 0. The molecule has 0 saturated heterocycles. The van der Waals surface area contributed by atoms with Gasteiger partial charge in [-0.2, -0.15) is 0 Å². The molecule has 0 aliphatic heterocycles. The maximum atomic E-state index is 6.25. The molecule has 2 aliphatic carbocycles. The van der Waals surface area contributed by atoms with Crippen LogP contribution in [0.1, 0.15) is 59.3 Å². The van der Waals surface area contributed by atoms with Crippen LogP contribution in [0, 0.1) is 13.8 Å². The van der Waals surface area contributed by atoms with E-state index in [0.717, 1.165) is 34.3 Å². The molecule has 1 fully saturated rings. The van der Waals surface area contributed by atoms with E-state index in [0.29, 0.717) is 0 Å². The summed E-state index contributed by atoms with van der Waals surface area (Å²) in [7, 11) is 0. The Morgan fingerprint density at radius 2 is 1.52 bits per heavy atom. The molecule has 0 amide bonds. The van der Waals surface area contributed by atoms with E-state index in [9.17, 15) is 0 Å². The molecular formula is C26H23Cl2N. The van der Waals surface area contributed by atoms with Gasteiger partial charge in [-0.25, -0.2) is 0 Å². The molecular weight excluding hydrogens is 397 g/mol. The van der Waals surface area contributed by atoms with Crippen molar-refractivity contribution in [2.24, 2.45) is 0 Å². The van der Waals surface area contributed by atoms with Crippen LogP contribution in [0.2, 0.25) is 10.0 Å². The first-order valence-corrected chi connectivity index (χ1v) is 11.0. The van der Waals surface area contributed by atoms with E-state index in [2.05, 4.69) is 44.2 Å². The number of aryl methyl sites for hydroxylation is 2. The summed E-state index contributed by atoms with van der Waals surface area (Å²) >= 11 is 12.5. The molecule has 0 spiro atoms. The predicted octanol–water partition coefficient (Wildman–Crippen LogP) is 7.68. The molecule has 1 nitrogen and oxygen atoms in total. The largest absolute Gasteiger partial charge is 0.258 e. The average molecular weight is 420 g/mol. The first-order valence-electron chi connectivity index (χ1n) is 10.3. The van der Waals surface area contributed by atoms with Crippen molar-refractivity contribution in [2.75, 3.05) is 0 Å². The zero-order valence-corrected chi connectivity index (χ0v) is 18.2. The van der Waals surface area contributed by atoms with E-state index in [4.69, 9.17) is 28.2 Å². The van der Waals surface area contributed by atoms with Crippen molar-refractivity contribution in [2.45, 2.75) is 44.9 Å². The number of allylic oxidation sites excluding steroid dienone is 1. The molecule has 1 atom stereocenters. The van der Waals surface area contributed by atoms with Gasteiger partial charge >= 0.3 is 0 Å². The Morgan fingerprint density at radius 3 is 2.21 bits per heavy atom. The SMILES string of the molecule is Cc1cc2c(c(C)n1)C1(c3ccc(Cl)cc3)CCCCC1=C2c1ccc(Cl)cc1. The van der Waals surface area contributed by atoms with Crippen LogP contribution >= 0.6 is 23.2 Å². The van der Waals surface area contributed by atoms with Crippen molar-refractivity contribution in [1.29, 1.82) is 0 Å². The van der Waals surface area contributed by atoms with Gasteiger partial charge in [-0.1, -0.05) is 53.9 Å². The fourth-order valence-electron chi connectivity index (χ4n) is 5.54. The maximum Gasteiger partial charge on any atom is 0.0444 e. The van der Waals surface area contributed by atoms with Crippen molar-refractivity contribution in [3.05, 3.63) is 104 Å². The van der Waals surface area contributed by atoms with Crippen LogP contribution in [0.3, 0.4) is 0 Å². The van der Waals surface area contributed by atoms with Gasteiger partial charge in [0, 0.05) is 26.8 Å². The van der Waals surface area contributed by atoms with Crippen LogP contribution in [-0.4, -0.2) is 4.98 Å². The van der Waals surface area contributed by atoms with Gasteiger partial charge in [-0.3, -0.25) is 4.98 Å². The third kappa shape index (κ3) is 2.86. The van der Waals surface area contributed by atoms with Gasteiger partial charge in [-0.05, 0) is 96.8 Å². The quantitative estimate of drug-likeness (QED) is 0.414. The maximum absolute atomic E-state index is 6.25. The molecule has 3 aromatic rings. The summed E-state index contributed by atoms with van der Waals surface area (Å²) in [6.45, 7) is 4.26. The standard InChI is InChI=1S/C26H23Cl2N/c1-16-15-22-24(18-6-10-20(27)11-7-18)23-5-3-4-14-26(23,25(22)17(2)29-16)19-8-12-21(28)13-9-19/h6-13,15H,3-5,14H2,1-2H3. The highest BCUT2D eigenvalue weighted by Gasteiger charge is 2.48. The number of nitrogens with zero attached hydrogens (tertiary/aromatic N) is 1. The second kappa shape index (κ2) is 7.00. The minimum absolute atomic E-state index is 0.113. The van der Waals surface area contributed by atoms with Crippen LogP contribution < -0.4 is 0 Å². The number of halogens is 2. The number of fused-ring (bicyclic) bond motifs is 3. The van der Waals surface area contributed by atoms with E-state index in [1.165, 1.54) is 46.2 Å². The third-order valence-corrected chi connectivity index (χ3v) is 7.04. The second-order valence-corrected chi connectivity index (χ2v) is 9.12. The predicted molar refractivity (Wildman–Crippen MR) is 122 cm³/mol. The number of pyridine rings is 1. The molecule has 1 aromatic heterocycles.